The number of rotatable bonds is 3. The molecule has 2 aliphatic heterocycles. The second kappa shape index (κ2) is 7.55. The van der Waals surface area contributed by atoms with E-state index in [0.717, 1.165) is 24.5 Å². The number of carbonyl (C=O) groups excluding carboxylic acids is 2. The van der Waals surface area contributed by atoms with Gasteiger partial charge in [-0.05, 0) is 37.5 Å². The van der Waals surface area contributed by atoms with Crippen molar-refractivity contribution < 1.29 is 9.59 Å². The SMILES string of the molecule is CN1CC[C@@H](NC(=O)Nc2cccc(N3CCCCCC3)c2)C1=O. The molecule has 0 unspecified atom stereocenters. The number of hydrogen-bond donors (Lipinski definition) is 2. The van der Waals surface area contributed by atoms with Gasteiger partial charge in [-0.2, -0.15) is 0 Å². The van der Waals surface area contributed by atoms with Crippen LogP contribution < -0.4 is 15.5 Å². The van der Waals surface area contributed by atoms with Gasteiger partial charge in [0.15, 0.2) is 0 Å². The van der Waals surface area contributed by atoms with Gasteiger partial charge in [0.2, 0.25) is 5.91 Å². The lowest BCUT2D eigenvalue weighted by Gasteiger charge is -2.23. The summed E-state index contributed by atoms with van der Waals surface area (Å²) in [6.45, 7) is 2.82. The van der Waals surface area contributed by atoms with Gasteiger partial charge in [-0.25, -0.2) is 4.79 Å². The van der Waals surface area contributed by atoms with Crippen LogP contribution in [0.5, 0.6) is 0 Å². The van der Waals surface area contributed by atoms with E-state index in [0.29, 0.717) is 13.0 Å². The molecule has 2 N–H and O–H groups in total. The van der Waals surface area contributed by atoms with Gasteiger partial charge in [-0.3, -0.25) is 4.79 Å². The minimum atomic E-state index is -0.413. The van der Waals surface area contributed by atoms with Crippen LogP contribution in [0.4, 0.5) is 16.2 Å². The van der Waals surface area contributed by atoms with Crippen molar-refractivity contribution in [2.45, 2.75) is 38.1 Å². The van der Waals surface area contributed by atoms with Crippen LogP contribution in [0.2, 0.25) is 0 Å². The molecule has 1 aromatic rings. The molecule has 6 heteroatoms. The molecule has 1 atom stereocenters. The molecule has 6 nitrogen and oxygen atoms in total. The molecule has 2 fully saturated rings. The molecule has 2 aliphatic rings. The molecule has 3 rings (SSSR count). The minimum absolute atomic E-state index is 0.0246. The maximum absolute atomic E-state index is 12.2. The molecular weight excluding hydrogens is 304 g/mol. The Labute approximate surface area is 143 Å². The molecule has 130 valence electrons. The number of hydrogen-bond acceptors (Lipinski definition) is 3. The number of anilines is 2. The van der Waals surface area contributed by atoms with Crippen LogP contribution >= 0.6 is 0 Å². The Morgan fingerprint density at radius 2 is 1.88 bits per heavy atom. The Bertz CT molecular complexity index is 596. The van der Waals surface area contributed by atoms with Crippen molar-refractivity contribution in [2.24, 2.45) is 0 Å². The average Bonchev–Trinajstić information content (AvgIpc) is 2.80. The van der Waals surface area contributed by atoms with E-state index in [-0.39, 0.29) is 11.9 Å². The summed E-state index contributed by atoms with van der Waals surface area (Å²) >= 11 is 0. The van der Waals surface area contributed by atoms with Crippen LogP contribution in [-0.4, -0.2) is 49.6 Å². The van der Waals surface area contributed by atoms with Crippen LogP contribution in [0.25, 0.3) is 0 Å². The molecule has 1 aromatic carbocycles. The van der Waals surface area contributed by atoms with Crippen LogP contribution in [0.3, 0.4) is 0 Å². The molecule has 0 spiro atoms. The predicted octanol–water partition coefficient (Wildman–Crippen LogP) is 2.42. The zero-order valence-electron chi connectivity index (χ0n) is 14.3. The van der Waals surface area contributed by atoms with E-state index in [1.807, 2.05) is 18.2 Å². The number of amides is 3. The first-order valence-electron chi connectivity index (χ1n) is 8.81. The summed E-state index contributed by atoms with van der Waals surface area (Å²) in [7, 11) is 1.76. The highest BCUT2D eigenvalue weighted by Gasteiger charge is 2.30. The fourth-order valence-electron chi connectivity index (χ4n) is 3.39. The highest BCUT2D eigenvalue weighted by molar-refractivity contribution is 5.94. The summed E-state index contributed by atoms with van der Waals surface area (Å²) in [5.41, 5.74) is 1.90. The molecule has 0 aliphatic carbocycles. The summed E-state index contributed by atoms with van der Waals surface area (Å²) in [5.74, 6) is -0.0246. The third-order valence-electron chi connectivity index (χ3n) is 4.81. The molecule has 0 bridgehead atoms. The third-order valence-corrected chi connectivity index (χ3v) is 4.81. The smallest absolute Gasteiger partial charge is 0.319 e. The van der Waals surface area contributed by atoms with Crippen molar-refractivity contribution >= 4 is 23.3 Å². The van der Waals surface area contributed by atoms with Gasteiger partial charge in [-0.15, -0.1) is 0 Å². The van der Waals surface area contributed by atoms with Gasteiger partial charge in [-0.1, -0.05) is 18.9 Å². The topological polar surface area (TPSA) is 64.7 Å². The van der Waals surface area contributed by atoms with Gasteiger partial charge in [0.25, 0.3) is 0 Å². The van der Waals surface area contributed by atoms with Crippen molar-refractivity contribution in [1.29, 1.82) is 0 Å². The first-order chi connectivity index (χ1) is 11.6. The number of urea groups is 1. The fourth-order valence-corrected chi connectivity index (χ4v) is 3.39. The normalized spacial score (nSPS) is 21.5. The molecule has 2 saturated heterocycles. The average molecular weight is 330 g/mol. The number of benzene rings is 1. The van der Waals surface area contributed by atoms with Crippen LogP contribution in [0.1, 0.15) is 32.1 Å². The van der Waals surface area contributed by atoms with Crippen molar-refractivity contribution in [3.05, 3.63) is 24.3 Å². The van der Waals surface area contributed by atoms with E-state index in [1.165, 1.54) is 25.7 Å². The van der Waals surface area contributed by atoms with Crippen molar-refractivity contribution in [2.75, 3.05) is 36.9 Å². The quantitative estimate of drug-likeness (QED) is 0.894. The lowest BCUT2D eigenvalue weighted by molar-refractivity contribution is -0.128. The van der Waals surface area contributed by atoms with Crippen molar-refractivity contribution in [1.82, 2.24) is 10.2 Å². The second-order valence-electron chi connectivity index (χ2n) is 6.65. The molecule has 0 aromatic heterocycles. The Hall–Kier alpha value is -2.24. The maximum atomic E-state index is 12.2. The van der Waals surface area contributed by atoms with Gasteiger partial charge in [0, 0.05) is 38.1 Å². The summed E-state index contributed by atoms with van der Waals surface area (Å²) in [4.78, 5) is 28.0. The van der Waals surface area contributed by atoms with Gasteiger partial charge >= 0.3 is 6.03 Å². The fraction of sp³-hybridized carbons (Fsp3) is 0.556. The van der Waals surface area contributed by atoms with E-state index in [4.69, 9.17) is 0 Å². The Morgan fingerprint density at radius 1 is 1.12 bits per heavy atom. The summed E-state index contributed by atoms with van der Waals surface area (Å²) in [6, 6.07) is 7.20. The Kier molecular flexibility index (Phi) is 5.23. The third kappa shape index (κ3) is 3.99. The van der Waals surface area contributed by atoms with E-state index in [1.54, 1.807) is 11.9 Å². The van der Waals surface area contributed by atoms with E-state index < -0.39 is 6.04 Å². The summed E-state index contributed by atoms with van der Waals surface area (Å²) in [5, 5.41) is 5.61. The maximum Gasteiger partial charge on any atom is 0.319 e. The molecule has 0 saturated carbocycles. The van der Waals surface area contributed by atoms with E-state index >= 15 is 0 Å². The lowest BCUT2D eigenvalue weighted by Crippen LogP contribution is -2.42. The van der Waals surface area contributed by atoms with Crippen LogP contribution in [0.15, 0.2) is 24.3 Å². The zero-order chi connectivity index (χ0) is 16.9. The first-order valence-corrected chi connectivity index (χ1v) is 8.81. The molecule has 0 radical (unpaired) electrons. The Morgan fingerprint density at radius 3 is 2.54 bits per heavy atom. The van der Waals surface area contributed by atoms with Gasteiger partial charge in [0.1, 0.15) is 6.04 Å². The van der Waals surface area contributed by atoms with Gasteiger partial charge in [0.05, 0.1) is 0 Å². The van der Waals surface area contributed by atoms with E-state index in [2.05, 4.69) is 21.6 Å². The number of nitrogens with zero attached hydrogens (tertiary/aromatic N) is 2. The molecule has 3 amide bonds. The first kappa shape index (κ1) is 16.6. The zero-order valence-corrected chi connectivity index (χ0v) is 14.3. The van der Waals surface area contributed by atoms with Gasteiger partial charge < -0.3 is 20.4 Å². The highest BCUT2D eigenvalue weighted by Crippen LogP contribution is 2.22. The summed E-state index contributed by atoms with van der Waals surface area (Å²) in [6.07, 6.45) is 5.68. The molecule has 24 heavy (non-hydrogen) atoms. The monoisotopic (exact) mass is 330 g/mol. The largest absolute Gasteiger partial charge is 0.371 e. The molecular formula is C18H26N4O2. The number of carbonyl (C=O) groups is 2. The minimum Gasteiger partial charge on any atom is -0.371 e. The summed E-state index contributed by atoms with van der Waals surface area (Å²) < 4.78 is 0. The number of likely N-dealkylation sites (N-methyl/N-ethyl adjacent to an activating group) is 1. The predicted molar refractivity (Wildman–Crippen MR) is 95.3 cm³/mol. The lowest BCUT2D eigenvalue weighted by atomic mass is 10.2. The van der Waals surface area contributed by atoms with Crippen LogP contribution in [-0.2, 0) is 4.79 Å². The Balaban J connectivity index is 1.59. The van der Waals surface area contributed by atoms with E-state index in [9.17, 15) is 9.59 Å². The number of nitrogens with one attached hydrogen (secondary N) is 2. The standard InChI is InChI=1S/C18H26N4O2/c1-21-12-9-16(17(21)23)20-18(24)19-14-7-6-8-15(13-14)22-10-4-2-3-5-11-22/h6-8,13,16H,2-5,9-12H2,1H3,(H2,19,20,24)/t16-/m1/s1. The van der Waals surface area contributed by atoms with Crippen molar-refractivity contribution in [3.8, 4) is 0 Å². The second-order valence-corrected chi connectivity index (χ2v) is 6.65. The van der Waals surface area contributed by atoms with Crippen LogP contribution in [0, 0.1) is 0 Å². The highest BCUT2D eigenvalue weighted by atomic mass is 16.2. The number of likely N-dealkylation sites (tertiary alicyclic amines) is 1. The molecule has 2 heterocycles. The van der Waals surface area contributed by atoms with Crippen molar-refractivity contribution in [3.63, 3.8) is 0 Å².